The number of aliphatic imine (C=N–C) groups is 1. The van der Waals surface area contributed by atoms with Crippen molar-refractivity contribution in [2.75, 3.05) is 6.54 Å². The predicted molar refractivity (Wildman–Crippen MR) is 96.1 cm³/mol. The van der Waals surface area contributed by atoms with Crippen molar-refractivity contribution < 1.29 is 19.8 Å². The first-order valence-electron chi connectivity index (χ1n) is 7.80. The molecule has 6 heteroatoms. The third-order valence-electron chi connectivity index (χ3n) is 3.74. The summed E-state index contributed by atoms with van der Waals surface area (Å²) in [6, 6.07) is 13.1. The fraction of sp³-hybridized carbons (Fsp3) is 0.211. The Kier molecular flexibility index (Phi) is 5.89. The number of aliphatic carboxylic acids is 2. The van der Waals surface area contributed by atoms with E-state index in [-0.39, 0.29) is 0 Å². The highest BCUT2D eigenvalue weighted by molar-refractivity contribution is 5.98. The highest BCUT2D eigenvalue weighted by Gasteiger charge is 2.14. The normalized spacial score (nSPS) is 12.8. The molecule has 1 aromatic heterocycles. The molecule has 0 aliphatic carbocycles. The lowest BCUT2D eigenvalue weighted by Crippen LogP contribution is -2.16. The molecule has 0 amide bonds. The fourth-order valence-corrected chi connectivity index (χ4v) is 2.54. The van der Waals surface area contributed by atoms with E-state index in [2.05, 4.69) is 59.8 Å². The van der Waals surface area contributed by atoms with Gasteiger partial charge in [-0.25, -0.2) is 9.59 Å². The largest absolute Gasteiger partial charge is 0.478 e. The van der Waals surface area contributed by atoms with E-state index in [9.17, 15) is 9.59 Å². The topological polar surface area (TPSA) is 91.9 Å². The SMILES string of the molecule is CC1=NCCn2c1ccc2-c1ccc(C)cc1.O=C(O)/C=C/C(=O)O. The molecule has 2 aromatic rings. The molecule has 6 nitrogen and oxygen atoms in total. The van der Waals surface area contributed by atoms with Gasteiger partial charge in [0.05, 0.1) is 18.0 Å². The van der Waals surface area contributed by atoms with E-state index in [1.54, 1.807) is 0 Å². The van der Waals surface area contributed by atoms with Crippen LogP contribution in [-0.4, -0.2) is 39.0 Å². The second-order valence-electron chi connectivity index (χ2n) is 5.60. The van der Waals surface area contributed by atoms with Crippen molar-refractivity contribution in [2.24, 2.45) is 4.99 Å². The van der Waals surface area contributed by atoms with Crippen LogP contribution >= 0.6 is 0 Å². The molecular formula is C19H20N2O4. The average molecular weight is 340 g/mol. The number of hydrogen-bond donors (Lipinski definition) is 2. The summed E-state index contributed by atoms with van der Waals surface area (Å²) in [5, 5.41) is 15.6. The molecule has 0 atom stereocenters. The molecular weight excluding hydrogens is 320 g/mol. The zero-order chi connectivity index (χ0) is 18.4. The Morgan fingerprint density at radius 2 is 1.52 bits per heavy atom. The van der Waals surface area contributed by atoms with Crippen molar-refractivity contribution in [1.82, 2.24) is 4.57 Å². The smallest absolute Gasteiger partial charge is 0.328 e. The Morgan fingerprint density at radius 1 is 0.960 bits per heavy atom. The van der Waals surface area contributed by atoms with Crippen LogP contribution in [0.5, 0.6) is 0 Å². The lowest BCUT2D eigenvalue weighted by atomic mass is 10.1. The molecule has 0 fully saturated rings. The maximum absolute atomic E-state index is 9.55. The van der Waals surface area contributed by atoms with Crippen molar-refractivity contribution in [3.63, 3.8) is 0 Å². The summed E-state index contributed by atoms with van der Waals surface area (Å²) in [6.07, 6.45) is 1.12. The summed E-state index contributed by atoms with van der Waals surface area (Å²) in [7, 11) is 0. The van der Waals surface area contributed by atoms with Gasteiger partial charge in [-0.2, -0.15) is 0 Å². The zero-order valence-corrected chi connectivity index (χ0v) is 14.1. The molecule has 3 rings (SSSR count). The van der Waals surface area contributed by atoms with Gasteiger partial charge in [0.25, 0.3) is 0 Å². The van der Waals surface area contributed by atoms with Crippen LogP contribution in [0.2, 0.25) is 0 Å². The van der Waals surface area contributed by atoms with Crippen molar-refractivity contribution in [1.29, 1.82) is 0 Å². The van der Waals surface area contributed by atoms with E-state index in [1.807, 2.05) is 0 Å². The first-order valence-corrected chi connectivity index (χ1v) is 7.80. The molecule has 0 unspecified atom stereocenters. The number of carbonyl (C=O) groups is 2. The quantitative estimate of drug-likeness (QED) is 0.840. The predicted octanol–water partition coefficient (Wildman–Crippen LogP) is 3.00. The number of rotatable bonds is 3. The molecule has 1 aliphatic heterocycles. The van der Waals surface area contributed by atoms with E-state index >= 15 is 0 Å². The van der Waals surface area contributed by atoms with Crippen LogP contribution in [0.15, 0.2) is 53.5 Å². The zero-order valence-electron chi connectivity index (χ0n) is 14.1. The van der Waals surface area contributed by atoms with Gasteiger partial charge in [0.1, 0.15) is 0 Å². The Hall–Kier alpha value is -3.15. The average Bonchev–Trinajstić information content (AvgIpc) is 3.00. The van der Waals surface area contributed by atoms with Crippen LogP contribution in [0.1, 0.15) is 18.2 Å². The lowest BCUT2D eigenvalue weighted by Gasteiger charge is -2.17. The Bertz CT molecular complexity index is 814. The number of carboxylic acids is 2. The molecule has 0 saturated heterocycles. The highest BCUT2D eigenvalue weighted by Crippen LogP contribution is 2.25. The van der Waals surface area contributed by atoms with Gasteiger partial charge in [-0.05, 0) is 31.5 Å². The summed E-state index contributed by atoms with van der Waals surface area (Å²) in [5.74, 6) is -2.51. The molecule has 1 aromatic carbocycles. The minimum absolute atomic E-state index is 0.558. The minimum Gasteiger partial charge on any atom is -0.478 e. The van der Waals surface area contributed by atoms with Crippen molar-refractivity contribution in [3.8, 4) is 11.3 Å². The summed E-state index contributed by atoms with van der Waals surface area (Å²) in [4.78, 5) is 23.6. The molecule has 130 valence electrons. The third kappa shape index (κ3) is 4.91. The van der Waals surface area contributed by atoms with Crippen LogP contribution in [0.25, 0.3) is 11.3 Å². The maximum atomic E-state index is 9.55. The highest BCUT2D eigenvalue weighted by atomic mass is 16.4. The number of aryl methyl sites for hydroxylation is 1. The van der Waals surface area contributed by atoms with E-state index in [0.29, 0.717) is 12.2 Å². The van der Waals surface area contributed by atoms with E-state index in [4.69, 9.17) is 10.2 Å². The first-order chi connectivity index (χ1) is 11.9. The van der Waals surface area contributed by atoms with Gasteiger partial charge in [0.2, 0.25) is 0 Å². The van der Waals surface area contributed by atoms with Crippen molar-refractivity contribution in [2.45, 2.75) is 20.4 Å². The monoisotopic (exact) mass is 340 g/mol. The van der Waals surface area contributed by atoms with Gasteiger partial charge in [0, 0.05) is 24.4 Å². The number of benzene rings is 1. The molecule has 0 radical (unpaired) electrons. The molecule has 0 bridgehead atoms. The first kappa shape index (κ1) is 18.2. The number of hydrogen-bond acceptors (Lipinski definition) is 3. The number of nitrogens with zero attached hydrogens (tertiary/aromatic N) is 2. The van der Waals surface area contributed by atoms with Gasteiger partial charge in [0.15, 0.2) is 0 Å². The standard InChI is InChI=1S/C15H16N2.C4H4O4/c1-11-3-5-13(6-4-11)15-8-7-14-12(2)16-9-10-17(14)15;5-3(6)1-2-4(7)8/h3-8H,9-10H2,1-2H3;1-2H,(H,5,6)(H,7,8)/b;2-1+. The minimum atomic E-state index is -1.26. The summed E-state index contributed by atoms with van der Waals surface area (Å²) >= 11 is 0. The Labute approximate surface area is 145 Å². The molecule has 0 saturated carbocycles. The Balaban J connectivity index is 0.000000242. The van der Waals surface area contributed by atoms with Gasteiger partial charge >= 0.3 is 11.9 Å². The second kappa shape index (κ2) is 8.10. The van der Waals surface area contributed by atoms with Crippen LogP contribution in [0.4, 0.5) is 0 Å². The van der Waals surface area contributed by atoms with Gasteiger partial charge in [-0.1, -0.05) is 29.8 Å². The molecule has 1 aliphatic rings. The maximum Gasteiger partial charge on any atom is 0.328 e. The number of aromatic nitrogens is 1. The lowest BCUT2D eigenvalue weighted by molar-refractivity contribution is -0.134. The van der Waals surface area contributed by atoms with E-state index < -0.39 is 11.9 Å². The van der Waals surface area contributed by atoms with Crippen LogP contribution in [0, 0.1) is 6.92 Å². The second-order valence-corrected chi connectivity index (χ2v) is 5.60. The van der Waals surface area contributed by atoms with Gasteiger partial charge < -0.3 is 14.8 Å². The third-order valence-corrected chi connectivity index (χ3v) is 3.74. The van der Waals surface area contributed by atoms with Crippen LogP contribution < -0.4 is 0 Å². The molecule has 2 heterocycles. The Morgan fingerprint density at radius 3 is 2.08 bits per heavy atom. The van der Waals surface area contributed by atoms with Gasteiger partial charge in [-0.15, -0.1) is 0 Å². The fourth-order valence-electron chi connectivity index (χ4n) is 2.54. The number of carboxylic acid groups (broad SMARTS) is 2. The van der Waals surface area contributed by atoms with Gasteiger partial charge in [-0.3, -0.25) is 4.99 Å². The molecule has 0 spiro atoms. The van der Waals surface area contributed by atoms with Crippen molar-refractivity contribution >= 4 is 17.7 Å². The molecule has 2 N–H and O–H groups in total. The number of fused-ring (bicyclic) bond motifs is 1. The van der Waals surface area contributed by atoms with Crippen LogP contribution in [-0.2, 0) is 16.1 Å². The van der Waals surface area contributed by atoms with Crippen molar-refractivity contribution in [3.05, 3.63) is 59.8 Å². The van der Waals surface area contributed by atoms with E-state index in [1.165, 1.54) is 22.5 Å². The summed E-state index contributed by atoms with van der Waals surface area (Å²) < 4.78 is 2.37. The summed E-state index contributed by atoms with van der Waals surface area (Å²) in [6.45, 7) is 6.09. The molecule has 25 heavy (non-hydrogen) atoms. The van der Waals surface area contributed by atoms with Crippen LogP contribution in [0.3, 0.4) is 0 Å². The van der Waals surface area contributed by atoms with E-state index in [0.717, 1.165) is 18.8 Å². The summed E-state index contributed by atoms with van der Waals surface area (Å²) in [5.41, 5.74) is 6.30.